The number of nitrogens with two attached hydrogens (primary N) is 1. The molecule has 0 amide bonds. The van der Waals surface area contributed by atoms with Crippen LogP contribution in [-0.2, 0) is 0 Å². The van der Waals surface area contributed by atoms with E-state index in [1.807, 2.05) is 18.5 Å². The fourth-order valence-electron chi connectivity index (χ4n) is 2.82. The van der Waals surface area contributed by atoms with Crippen molar-refractivity contribution in [3.05, 3.63) is 77.1 Å². The minimum atomic E-state index is -0.0315. The molecule has 0 radical (unpaired) electrons. The van der Waals surface area contributed by atoms with Crippen LogP contribution in [0.4, 0.5) is 0 Å². The normalized spacial score (nSPS) is 12.5. The van der Waals surface area contributed by atoms with E-state index in [1.165, 1.54) is 27.6 Å². The van der Waals surface area contributed by atoms with E-state index in [9.17, 15) is 0 Å². The first-order chi connectivity index (χ1) is 10.2. The summed E-state index contributed by atoms with van der Waals surface area (Å²) in [5.74, 6) is 5.88. The van der Waals surface area contributed by atoms with E-state index in [-0.39, 0.29) is 6.04 Å². The number of benzene rings is 2. The van der Waals surface area contributed by atoms with Crippen LogP contribution in [0, 0.1) is 13.8 Å². The number of hydrogen-bond donors (Lipinski definition) is 2. The first-order valence-electron chi connectivity index (χ1n) is 7.06. The Morgan fingerprint density at radius 1 is 1.05 bits per heavy atom. The van der Waals surface area contributed by atoms with Crippen molar-refractivity contribution >= 4 is 10.8 Å². The Labute approximate surface area is 124 Å². The van der Waals surface area contributed by atoms with Gasteiger partial charge < -0.3 is 0 Å². The van der Waals surface area contributed by atoms with Crippen LogP contribution in [0.15, 0.2) is 54.9 Å². The van der Waals surface area contributed by atoms with E-state index in [0.29, 0.717) is 0 Å². The smallest absolute Gasteiger partial charge is 0.0718 e. The Hall–Kier alpha value is -2.23. The summed E-state index contributed by atoms with van der Waals surface area (Å²) in [5, 5.41) is 2.30. The molecule has 0 bridgehead atoms. The number of nitrogens with one attached hydrogen (secondary N) is 1. The molecule has 1 unspecified atom stereocenters. The molecule has 3 rings (SSSR count). The number of aromatic nitrogens is 1. The fraction of sp³-hybridized carbons (Fsp3) is 0.167. The van der Waals surface area contributed by atoms with Crippen LogP contribution in [0.3, 0.4) is 0 Å². The van der Waals surface area contributed by atoms with E-state index in [2.05, 4.69) is 60.7 Å². The lowest BCUT2D eigenvalue weighted by Crippen LogP contribution is -2.29. The van der Waals surface area contributed by atoms with Crippen LogP contribution in [0.1, 0.15) is 28.3 Å². The quantitative estimate of drug-likeness (QED) is 0.570. The summed E-state index contributed by atoms with van der Waals surface area (Å²) in [6.45, 7) is 4.22. The van der Waals surface area contributed by atoms with Gasteiger partial charge in [-0.15, -0.1) is 0 Å². The van der Waals surface area contributed by atoms with Crippen LogP contribution >= 0.6 is 0 Å². The second kappa shape index (κ2) is 5.64. The van der Waals surface area contributed by atoms with Gasteiger partial charge in [-0.1, -0.05) is 42.0 Å². The van der Waals surface area contributed by atoms with E-state index in [0.717, 1.165) is 5.39 Å². The molecule has 0 spiro atoms. The lowest BCUT2D eigenvalue weighted by Gasteiger charge is -2.21. The highest BCUT2D eigenvalue weighted by Crippen LogP contribution is 2.30. The summed E-state index contributed by atoms with van der Waals surface area (Å²) in [5.41, 5.74) is 7.82. The first-order valence-corrected chi connectivity index (χ1v) is 7.06. The molecular formula is C18H19N3. The monoisotopic (exact) mass is 277 g/mol. The van der Waals surface area contributed by atoms with Crippen molar-refractivity contribution in [3.8, 4) is 0 Å². The van der Waals surface area contributed by atoms with Crippen molar-refractivity contribution in [3.63, 3.8) is 0 Å². The number of hydrogen-bond acceptors (Lipinski definition) is 3. The molecule has 3 N–H and O–H groups in total. The average molecular weight is 277 g/mol. The highest BCUT2D eigenvalue weighted by molar-refractivity contribution is 5.85. The van der Waals surface area contributed by atoms with Gasteiger partial charge in [0.15, 0.2) is 0 Å². The van der Waals surface area contributed by atoms with Crippen LogP contribution in [0.25, 0.3) is 10.8 Å². The second-order valence-electron chi connectivity index (χ2n) is 5.40. The summed E-state index contributed by atoms with van der Waals surface area (Å²) in [7, 11) is 0. The molecular weight excluding hydrogens is 258 g/mol. The first kappa shape index (κ1) is 13.7. The molecule has 3 heteroatoms. The van der Waals surface area contributed by atoms with Crippen molar-refractivity contribution in [2.75, 3.05) is 0 Å². The number of hydrazine groups is 1. The minimum absolute atomic E-state index is 0.0315. The van der Waals surface area contributed by atoms with Gasteiger partial charge in [0.25, 0.3) is 0 Å². The van der Waals surface area contributed by atoms with Gasteiger partial charge in [-0.25, -0.2) is 5.43 Å². The highest BCUT2D eigenvalue weighted by Gasteiger charge is 2.17. The van der Waals surface area contributed by atoms with Crippen LogP contribution in [0.2, 0.25) is 0 Å². The number of rotatable bonds is 3. The Kier molecular flexibility index (Phi) is 3.69. The van der Waals surface area contributed by atoms with Gasteiger partial charge in [-0.2, -0.15) is 0 Å². The van der Waals surface area contributed by atoms with E-state index in [4.69, 9.17) is 5.84 Å². The van der Waals surface area contributed by atoms with E-state index < -0.39 is 0 Å². The zero-order chi connectivity index (χ0) is 14.8. The largest absolute Gasteiger partial charge is 0.271 e. The molecule has 0 aliphatic heterocycles. The Bertz CT molecular complexity index is 775. The highest BCUT2D eigenvalue weighted by atomic mass is 15.2. The maximum atomic E-state index is 5.88. The van der Waals surface area contributed by atoms with Gasteiger partial charge in [-0.05, 0) is 42.0 Å². The molecule has 0 fully saturated rings. The summed E-state index contributed by atoms with van der Waals surface area (Å²) in [6.07, 6.45) is 3.71. The van der Waals surface area contributed by atoms with Gasteiger partial charge in [0.05, 0.1) is 6.04 Å². The topological polar surface area (TPSA) is 50.9 Å². The zero-order valence-electron chi connectivity index (χ0n) is 12.3. The predicted octanol–water partition coefficient (Wildman–Crippen LogP) is 3.40. The molecule has 0 saturated carbocycles. The third kappa shape index (κ3) is 2.53. The Morgan fingerprint density at radius 2 is 1.90 bits per heavy atom. The number of pyridine rings is 1. The molecule has 21 heavy (non-hydrogen) atoms. The van der Waals surface area contributed by atoms with Crippen molar-refractivity contribution < 1.29 is 0 Å². The van der Waals surface area contributed by atoms with Crippen molar-refractivity contribution in [2.45, 2.75) is 19.9 Å². The van der Waals surface area contributed by atoms with Gasteiger partial charge in [0, 0.05) is 17.8 Å². The minimum Gasteiger partial charge on any atom is -0.271 e. The molecule has 0 aliphatic carbocycles. The number of fused-ring (bicyclic) bond motifs is 1. The average Bonchev–Trinajstić information content (AvgIpc) is 2.51. The molecule has 0 saturated heterocycles. The maximum Gasteiger partial charge on any atom is 0.0718 e. The number of aryl methyl sites for hydroxylation is 2. The summed E-state index contributed by atoms with van der Waals surface area (Å²) >= 11 is 0. The molecule has 106 valence electrons. The lowest BCUT2D eigenvalue weighted by molar-refractivity contribution is 0.637. The summed E-state index contributed by atoms with van der Waals surface area (Å²) in [4.78, 5) is 4.19. The Morgan fingerprint density at radius 3 is 2.71 bits per heavy atom. The zero-order valence-corrected chi connectivity index (χ0v) is 12.3. The molecule has 1 atom stereocenters. The van der Waals surface area contributed by atoms with Crippen LogP contribution in [0.5, 0.6) is 0 Å². The second-order valence-corrected chi connectivity index (χ2v) is 5.40. The summed E-state index contributed by atoms with van der Waals surface area (Å²) in [6, 6.07) is 14.7. The van der Waals surface area contributed by atoms with Crippen molar-refractivity contribution in [1.29, 1.82) is 0 Å². The van der Waals surface area contributed by atoms with Gasteiger partial charge >= 0.3 is 0 Å². The molecule has 1 aromatic heterocycles. The number of nitrogens with zero attached hydrogens (tertiary/aromatic N) is 1. The molecule has 3 nitrogen and oxygen atoms in total. The summed E-state index contributed by atoms with van der Waals surface area (Å²) < 4.78 is 0. The van der Waals surface area contributed by atoms with Gasteiger partial charge in [0.1, 0.15) is 0 Å². The van der Waals surface area contributed by atoms with E-state index >= 15 is 0 Å². The van der Waals surface area contributed by atoms with Gasteiger partial charge in [0.2, 0.25) is 0 Å². The van der Waals surface area contributed by atoms with Crippen molar-refractivity contribution in [2.24, 2.45) is 5.84 Å². The third-order valence-corrected chi connectivity index (χ3v) is 3.94. The van der Waals surface area contributed by atoms with Crippen molar-refractivity contribution in [1.82, 2.24) is 10.4 Å². The fourth-order valence-corrected chi connectivity index (χ4v) is 2.82. The maximum absolute atomic E-state index is 5.88. The lowest BCUT2D eigenvalue weighted by atomic mass is 9.91. The Balaban J connectivity index is 2.21. The third-order valence-electron chi connectivity index (χ3n) is 3.94. The molecule has 3 aromatic rings. The van der Waals surface area contributed by atoms with Crippen LogP contribution < -0.4 is 11.3 Å². The molecule has 2 aromatic carbocycles. The standard InChI is InChI=1S/C18H19N3/c1-12-6-7-13(2)17(10-12)18(21-19)16-5-3-4-14-11-20-9-8-15(14)16/h3-11,18,21H,19H2,1-2H3. The SMILES string of the molecule is Cc1ccc(C)c(C(NN)c2cccc3cnccc23)c1. The van der Waals surface area contributed by atoms with E-state index in [1.54, 1.807) is 0 Å². The van der Waals surface area contributed by atoms with Crippen LogP contribution in [-0.4, -0.2) is 4.98 Å². The molecule has 1 heterocycles. The van der Waals surface area contributed by atoms with Gasteiger partial charge in [-0.3, -0.25) is 10.8 Å². The predicted molar refractivity (Wildman–Crippen MR) is 86.8 cm³/mol. The molecule has 0 aliphatic rings.